The molecule has 1 heterocycles. The van der Waals surface area contributed by atoms with E-state index in [9.17, 15) is 0 Å². The first-order valence-electron chi connectivity index (χ1n) is 8.23. The van der Waals surface area contributed by atoms with Gasteiger partial charge in [0.1, 0.15) is 5.75 Å². The van der Waals surface area contributed by atoms with E-state index in [-0.39, 0.29) is 0 Å². The normalized spacial score (nSPS) is 11.1. The number of ether oxygens (including phenoxy) is 1. The molecule has 3 aromatic rings. The quantitative estimate of drug-likeness (QED) is 0.512. The predicted octanol–water partition coefficient (Wildman–Crippen LogP) is 4.20. The predicted molar refractivity (Wildman–Crippen MR) is 102 cm³/mol. The Morgan fingerprint density at radius 2 is 2.04 bits per heavy atom. The lowest BCUT2D eigenvalue weighted by atomic mass is 10.1. The maximum atomic E-state index is 5.65. The lowest BCUT2D eigenvalue weighted by Crippen LogP contribution is -2.00. The summed E-state index contributed by atoms with van der Waals surface area (Å²) in [5.74, 6) is 1.61. The molecule has 6 heteroatoms. The second-order valence-corrected chi connectivity index (χ2v) is 5.97. The molecule has 128 valence electrons. The molecule has 0 unspecified atom stereocenters. The van der Waals surface area contributed by atoms with Gasteiger partial charge in [-0.05, 0) is 41.9 Å². The molecule has 0 aliphatic rings. The molecule has 0 saturated carbocycles. The Morgan fingerprint density at radius 1 is 1.20 bits per heavy atom. The lowest BCUT2D eigenvalue weighted by molar-refractivity contribution is 0.317. The molecular formula is C19H20N4OS. The van der Waals surface area contributed by atoms with Gasteiger partial charge in [-0.1, -0.05) is 49.4 Å². The summed E-state index contributed by atoms with van der Waals surface area (Å²) >= 11 is 5.29. The van der Waals surface area contributed by atoms with Crippen molar-refractivity contribution in [2.75, 3.05) is 6.61 Å². The minimum atomic E-state index is 0.473. The summed E-state index contributed by atoms with van der Waals surface area (Å²) in [4.78, 5) is 0. The summed E-state index contributed by atoms with van der Waals surface area (Å²) in [6, 6.07) is 17.9. The zero-order valence-electron chi connectivity index (χ0n) is 14.1. The molecule has 0 fully saturated rings. The van der Waals surface area contributed by atoms with E-state index in [2.05, 4.69) is 34.4 Å². The molecule has 1 aromatic heterocycles. The summed E-state index contributed by atoms with van der Waals surface area (Å²) in [7, 11) is 0. The number of hydrogen-bond acceptors (Lipinski definition) is 4. The van der Waals surface area contributed by atoms with Crippen molar-refractivity contribution in [1.82, 2.24) is 14.9 Å². The summed E-state index contributed by atoms with van der Waals surface area (Å²) in [6.07, 6.45) is 3.40. The van der Waals surface area contributed by atoms with E-state index in [1.807, 2.05) is 42.5 Å². The van der Waals surface area contributed by atoms with E-state index in [0.29, 0.717) is 17.8 Å². The zero-order chi connectivity index (χ0) is 17.5. The Labute approximate surface area is 152 Å². The van der Waals surface area contributed by atoms with Crippen LogP contribution in [0.3, 0.4) is 0 Å². The van der Waals surface area contributed by atoms with Crippen molar-refractivity contribution in [3.05, 3.63) is 76.3 Å². The first kappa shape index (κ1) is 17.1. The fraction of sp³-hybridized carbons (Fsp3) is 0.211. The topological polar surface area (TPSA) is 55.2 Å². The maximum Gasteiger partial charge on any atom is 0.216 e. The fourth-order valence-corrected chi connectivity index (χ4v) is 2.56. The van der Waals surface area contributed by atoms with E-state index >= 15 is 0 Å². The highest BCUT2D eigenvalue weighted by Gasteiger charge is 2.06. The van der Waals surface area contributed by atoms with Gasteiger partial charge in [-0.3, -0.25) is 5.10 Å². The van der Waals surface area contributed by atoms with Gasteiger partial charge in [0.25, 0.3) is 0 Å². The third-order valence-electron chi connectivity index (χ3n) is 3.58. The minimum absolute atomic E-state index is 0.473. The summed E-state index contributed by atoms with van der Waals surface area (Å²) in [6.45, 7) is 2.79. The van der Waals surface area contributed by atoms with Crippen LogP contribution in [0.4, 0.5) is 0 Å². The molecule has 0 bridgehead atoms. The third kappa shape index (κ3) is 4.64. The summed E-state index contributed by atoms with van der Waals surface area (Å²) in [5, 5.41) is 11.6. The third-order valence-corrected chi connectivity index (χ3v) is 3.84. The second kappa shape index (κ2) is 8.39. The second-order valence-electron chi connectivity index (χ2n) is 5.58. The van der Waals surface area contributed by atoms with Gasteiger partial charge in [0.05, 0.1) is 12.8 Å². The van der Waals surface area contributed by atoms with Crippen LogP contribution in [0.25, 0.3) is 0 Å². The summed E-state index contributed by atoms with van der Waals surface area (Å²) in [5.41, 5.74) is 2.10. The van der Waals surface area contributed by atoms with Crippen LogP contribution in [-0.4, -0.2) is 27.7 Å². The molecule has 0 radical (unpaired) electrons. The number of nitrogens with one attached hydrogen (secondary N) is 1. The van der Waals surface area contributed by atoms with E-state index in [4.69, 9.17) is 17.0 Å². The Hall–Kier alpha value is -2.73. The van der Waals surface area contributed by atoms with Crippen LogP contribution in [0, 0.1) is 4.77 Å². The van der Waals surface area contributed by atoms with Gasteiger partial charge in [0.2, 0.25) is 4.77 Å². The highest BCUT2D eigenvalue weighted by atomic mass is 32.1. The van der Waals surface area contributed by atoms with Gasteiger partial charge < -0.3 is 4.74 Å². The lowest BCUT2D eigenvalue weighted by Gasteiger charge is -2.05. The Balaban J connectivity index is 1.80. The maximum absolute atomic E-state index is 5.65. The average molecular weight is 352 g/mol. The SMILES string of the molecule is CCCOc1cccc(/C=N\n2c(Cc3ccccc3)n[nH]c2=S)c1. The molecular weight excluding hydrogens is 332 g/mol. The number of aromatic nitrogens is 3. The Morgan fingerprint density at radius 3 is 2.84 bits per heavy atom. The highest BCUT2D eigenvalue weighted by molar-refractivity contribution is 7.71. The average Bonchev–Trinajstić information content (AvgIpc) is 2.99. The van der Waals surface area contributed by atoms with Crippen LogP contribution >= 0.6 is 12.2 Å². The first-order chi connectivity index (χ1) is 12.3. The number of nitrogens with zero attached hydrogens (tertiary/aromatic N) is 3. The number of rotatable bonds is 7. The van der Waals surface area contributed by atoms with Gasteiger partial charge in [-0.2, -0.15) is 14.9 Å². The van der Waals surface area contributed by atoms with Crippen molar-refractivity contribution in [3.63, 3.8) is 0 Å². The minimum Gasteiger partial charge on any atom is -0.494 e. The van der Waals surface area contributed by atoms with E-state index < -0.39 is 0 Å². The molecule has 0 saturated heterocycles. The number of benzene rings is 2. The first-order valence-corrected chi connectivity index (χ1v) is 8.64. The van der Waals surface area contributed by atoms with E-state index in [1.165, 1.54) is 0 Å². The van der Waals surface area contributed by atoms with Crippen LogP contribution in [-0.2, 0) is 6.42 Å². The molecule has 0 aliphatic carbocycles. The fourth-order valence-electron chi connectivity index (χ4n) is 2.37. The molecule has 0 atom stereocenters. The smallest absolute Gasteiger partial charge is 0.216 e. The van der Waals surface area contributed by atoms with Crippen molar-refractivity contribution < 1.29 is 4.74 Å². The number of hydrogen-bond donors (Lipinski definition) is 1. The van der Waals surface area contributed by atoms with Crippen LogP contribution in [0.5, 0.6) is 5.75 Å². The molecule has 0 aliphatic heterocycles. The monoisotopic (exact) mass is 352 g/mol. The number of H-pyrrole nitrogens is 1. The van der Waals surface area contributed by atoms with E-state index in [1.54, 1.807) is 10.9 Å². The molecule has 2 aromatic carbocycles. The van der Waals surface area contributed by atoms with Crippen LogP contribution in [0.15, 0.2) is 59.7 Å². The van der Waals surface area contributed by atoms with Gasteiger partial charge in [0.15, 0.2) is 5.82 Å². The van der Waals surface area contributed by atoms with Crippen molar-refractivity contribution in [3.8, 4) is 5.75 Å². The van der Waals surface area contributed by atoms with Crippen molar-refractivity contribution in [1.29, 1.82) is 0 Å². The van der Waals surface area contributed by atoms with Gasteiger partial charge in [0, 0.05) is 6.42 Å². The Kier molecular flexibility index (Phi) is 5.74. The van der Waals surface area contributed by atoms with E-state index in [0.717, 1.165) is 29.1 Å². The largest absolute Gasteiger partial charge is 0.494 e. The van der Waals surface area contributed by atoms with Gasteiger partial charge in [-0.25, -0.2) is 0 Å². The molecule has 3 rings (SSSR count). The Bertz CT molecular complexity index is 899. The van der Waals surface area contributed by atoms with Crippen molar-refractivity contribution >= 4 is 18.4 Å². The highest BCUT2D eigenvalue weighted by Crippen LogP contribution is 2.13. The van der Waals surface area contributed by atoms with Crippen LogP contribution < -0.4 is 4.74 Å². The van der Waals surface area contributed by atoms with Gasteiger partial charge in [-0.15, -0.1) is 0 Å². The molecule has 0 amide bonds. The van der Waals surface area contributed by atoms with Gasteiger partial charge >= 0.3 is 0 Å². The molecule has 25 heavy (non-hydrogen) atoms. The zero-order valence-corrected chi connectivity index (χ0v) is 14.9. The molecule has 0 spiro atoms. The molecule has 1 N–H and O–H groups in total. The van der Waals surface area contributed by atoms with Crippen molar-refractivity contribution in [2.45, 2.75) is 19.8 Å². The standard InChI is InChI=1S/C19H20N4OS/c1-2-11-24-17-10-6-9-16(12-17)14-20-23-18(21-22-19(23)25)13-15-7-4-3-5-8-15/h3-10,12,14H,2,11,13H2,1H3,(H,22,25)/b20-14-. The molecule has 5 nitrogen and oxygen atoms in total. The van der Waals surface area contributed by atoms with Crippen LogP contribution in [0.2, 0.25) is 0 Å². The summed E-state index contributed by atoms with van der Waals surface area (Å²) < 4.78 is 7.78. The van der Waals surface area contributed by atoms with Crippen LogP contribution in [0.1, 0.15) is 30.3 Å². The van der Waals surface area contributed by atoms with Crippen molar-refractivity contribution in [2.24, 2.45) is 5.10 Å². The number of aromatic amines is 1.